The highest BCUT2D eigenvalue weighted by Crippen LogP contribution is 2.10. The van der Waals surface area contributed by atoms with Crippen LogP contribution in [-0.4, -0.2) is 35.6 Å². The maximum absolute atomic E-state index is 11.6. The predicted molar refractivity (Wildman–Crippen MR) is 71.9 cm³/mol. The number of nitrogens with one attached hydrogen (secondary N) is 1. The first-order chi connectivity index (χ1) is 8.04. The molecule has 17 heavy (non-hydrogen) atoms. The highest BCUT2D eigenvalue weighted by atomic mass is 79.9. The van der Waals surface area contributed by atoms with Gasteiger partial charge in [-0.15, -0.1) is 0 Å². The molecule has 0 fully saturated rings. The number of halogens is 1. The highest BCUT2D eigenvalue weighted by molar-refractivity contribution is 9.09. The van der Waals surface area contributed by atoms with Gasteiger partial charge >= 0.3 is 6.03 Å². The molecule has 0 aliphatic heterocycles. The Bertz CT molecular complexity index is 403. The molecule has 0 aliphatic rings. The second-order valence-corrected chi connectivity index (χ2v) is 4.47. The zero-order valence-corrected chi connectivity index (χ0v) is 11.5. The summed E-state index contributed by atoms with van der Waals surface area (Å²) in [5.74, 6) is 0.0132. The van der Waals surface area contributed by atoms with Crippen LogP contribution < -0.4 is 5.32 Å². The monoisotopic (exact) mass is 298 g/mol. The van der Waals surface area contributed by atoms with Crippen LogP contribution in [-0.2, 0) is 0 Å². The Morgan fingerprint density at radius 1 is 1.29 bits per heavy atom. The van der Waals surface area contributed by atoms with Crippen LogP contribution >= 0.6 is 15.9 Å². The molecule has 1 rings (SSSR count). The summed E-state index contributed by atoms with van der Waals surface area (Å²) in [6.45, 7) is 2.15. The number of rotatable bonds is 4. The van der Waals surface area contributed by atoms with E-state index in [0.29, 0.717) is 17.8 Å². The van der Waals surface area contributed by atoms with Gasteiger partial charge in [0.15, 0.2) is 5.78 Å². The SMILES string of the molecule is CC(=O)c1ccc(NC(=O)N(C)CCBr)cc1. The maximum atomic E-state index is 11.6. The second-order valence-electron chi connectivity index (χ2n) is 3.67. The normalized spacial score (nSPS) is 9.82. The van der Waals surface area contributed by atoms with E-state index in [4.69, 9.17) is 0 Å². The molecule has 0 saturated carbocycles. The van der Waals surface area contributed by atoms with Crippen molar-refractivity contribution in [3.63, 3.8) is 0 Å². The van der Waals surface area contributed by atoms with Crippen LogP contribution in [0.1, 0.15) is 17.3 Å². The number of hydrogen-bond donors (Lipinski definition) is 1. The van der Waals surface area contributed by atoms with Crippen LogP contribution in [0.3, 0.4) is 0 Å². The van der Waals surface area contributed by atoms with Gasteiger partial charge in [-0.25, -0.2) is 4.79 Å². The third kappa shape index (κ3) is 4.19. The Morgan fingerprint density at radius 3 is 2.35 bits per heavy atom. The lowest BCUT2D eigenvalue weighted by Gasteiger charge is -2.16. The fourth-order valence-corrected chi connectivity index (χ4v) is 1.77. The van der Waals surface area contributed by atoms with Gasteiger partial charge in [-0.2, -0.15) is 0 Å². The molecular weight excluding hydrogens is 284 g/mol. The van der Waals surface area contributed by atoms with Gasteiger partial charge in [0.25, 0.3) is 0 Å². The Kier molecular flexibility index (Phi) is 5.15. The van der Waals surface area contributed by atoms with Crippen molar-refractivity contribution in [2.75, 3.05) is 24.2 Å². The summed E-state index contributed by atoms with van der Waals surface area (Å²) in [5, 5.41) is 3.48. The molecule has 1 aromatic rings. The average Bonchev–Trinajstić information content (AvgIpc) is 2.30. The molecule has 0 bridgehead atoms. The summed E-state index contributed by atoms with van der Waals surface area (Å²) in [7, 11) is 1.72. The van der Waals surface area contributed by atoms with Crippen LogP contribution in [0.4, 0.5) is 10.5 Å². The number of carbonyl (C=O) groups excluding carboxylic acids is 2. The first kappa shape index (κ1) is 13.7. The molecule has 2 amide bonds. The van der Waals surface area contributed by atoms with E-state index in [1.807, 2.05) is 0 Å². The van der Waals surface area contributed by atoms with Gasteiger partial charge in [-0.1, -0.05) is 15.9 Å². The van der Waals surface area contributed by atoms with Gasteiger partial charge < -0.3 is 10.2 Å². The molecule has 0 heterocycles. The lowest BCUT2D eigenvalue weighted by atomic mass is 10.1. The van der Waals surface area contributed by atoms with E-state index in [1.54, 1.807) is 36.2 Å². The molecule has 0 radical (unpaired) electrons. The number of hydrogen-bond acceptors (Lipinski definition) is 2. The minimum atomic E-state index is -0.167. The lowest BCUT2D eigenvalue weighted by molar-refractivity contribution is 0.101. The number of alkyl halides is 1. The fourth-order valence-electron chi connectivity index (χ4n) is 1.24. The van der Waals surface area contributed by atoms with E-state index in [-0.39, 0.29) is 11.8 Å². The number of ketones is 1. The molecule has 92 valence electrons. The number of carbonyl (C=O) groups is 2. The number of anilines is 1. The topological polar surface area (TPSA) is 49.4 Å². The molecular formula is C12H15BrN2O2. The molecule has 1 N–H and O–H groups in total. The van der Waals surface area contributed by atoms with Gasteiger partial charge in [-0.3, -0.25) is 4.79 Å². The van der Waals surface area contributed by atoms with E-state index in [1.165, 1.54) is 6.92 Å². The number of nitrogens with zero attached hydrogens (tertiary/aromatic N) is 1. The molecule has 5 heteroatoms. The molecule has 4 nitrogen and oxygen atoms in total. The van der Waals surface area contributed by atoms with E-state index in [2.05, 4.69) is 21.2 Å². The average molecular weight is 299 g/mol. The molecule has 0 aliphatic carbocycles. The van der Waals surface area contributed by atoms with E-state index < -0.39 is 0 Å². The Hall–Kier alpha value is -1.36. The minimum absolute atomic E-state index is 0.0132. The van der Waals surface area contributed by atoms with Crippen molar-refractivity contribution in [1.82, 2.24) is 4.90 Å². The van der Waals surface area contributed by atoms with E-state index >= 15 is 0 Å². The number of amides is 2. The predicted octanol–water partition coefficient (Wildman–Crippen LogP) is 2.75. The standard InChI is InChI=1S/C12H15BrN2O2/c1-9(16)10-3-5-11(6-4-10)14-12(17)15(2)8-7-13/h3-6H,7-8H2,1-2H3,(H,14,17). The summed E-state index contributed by atoms with van der Waals surface area (Å²) in [5.41, 5.74) is 1.32. The Balaban J connectivity index is 2.63. The quantitative estimate of drug-likeness (QED) is 0.686. The van der Waals surface area contributed by atoms with Crippen LogP contribution in [0.2, 0.25) is 0 Å². The highest BCUT2D eigenvalue weighted by Gasteiger charge is 2.07. The van der Waals surface area contributed by atoms with Gasteiger partial charge in [0, 0.05) is 30.2 Å². The van der Waals surface area contributed by atoms with Crippen LogP contribution in [0.15, 0.2) is 24.3 Å². The van der Waals surface area contributed by atoms with Crippen molar-refractivity contribution in [3.05, 3.63) is 29.8 Å². The zero-order valence-electron chi connectivity index (χ0n) is 9.87. The van der Waals surface area contributed by atoms with Crippen LogP contribution in [0, 0.1) is 0 Å². The third-order valence-corrected chi connectivity index (χ3v) is 2.66. The summed E-state index contributed by atoms with van der Waals surface area (Å²) >= 11 is 3.27. The third-order valence-electron chi connectivity index (χ3n) is 2.31. The maximum Gasteiger partial charge on any atom is 0.321 e. The summed E-state index contributed by atoms with van der Waals surface area (Å²) < 4.78 is 0. The Labute approximate surface area is 109 Å². The van der Waals surface area contributed by atoms with Crippen molar-refractivity contribution in [3.8, 4) is 0 Å². The first-order valence-electron chi connectivity index (χ1n) is 5.23. The second kappa shape index (κ2) is 6.39. The van der Waals surface area contributed by atoms with Crippen molar-refractivity contribution in [2.24, 2.45) is 0 Å². The Morgan fingerprint density at radius 2 is 1.88 bits per heavy atom. The molecule has 0 spiro atoms. The van der Waals surface area contributed by atoms with Crippen molar-refractivity contribution in [2.45, 2.75) is 6.92 Å². The van der Waals surface area contributed by atoms with E-state index in [9.17, 15) is 9.59 Å². The smallest absolute Gasteiger partial charge is 0.321 e. The first-order valence-corrected chi connectivity index (χ1v) is 6.36. The summed E-state index contributed by atoms with van der Waals surface area (Å²) in [4.78, 5) is 24.3. The van der Waals surface area contributed by atoms with E-state index in [0.717, 1.165) is 5.33 Å². The molecule has 0 aromatic heterocycles. The number of Topliss-reactive ketones (excluding diaryl/α,β-unsaturated/α-hetero) is 1. The van der Waals surface area contributed by atoms with Gasteiger partial charge in [0.2, 0.25) is 0 Å². The molecule has 1 aromatic carbocycles. The molecule has 0 unspecified atom stereocenters. The van der Waals surface area contributed by atoms with Crippen molar-refractivity contribution in [1.29, 1.82) is 0 Å². The number of urea groups is 1. The van der Waals surface area contributed by atoms with Crippen molar-refractivity contribution < 1.29 is 9.59 Å². The zero-order chi connectivity index (χ0) is 12.8. The van der Waals surface area contributed by atoms with Crippen molar-refractivity contribution >= 4 is 33.4 Å². The fraction of sp³-hybridized carbons (Fsp3) is 0.333. The minimum Gasteiger partial charge on any atom is -0.327 e. The number of benzene rings is 1. The van der Waals surface area contributed by atoms with Gasteiger partial charge in [0.1, 0.15) is 0 Å². The van der Waals surface area contributed by atoms with Gasteiger partial charge in [-0.05, 0) is 31.2 Å². The molecule has 0 saturated heterocycles. The molecule has 0 atom stereocenters. The largest absolute Gasteiger partial charge is 0.327 e. The lowest BCUT2D eigenvalue weighted by Crippen LogP contribution is -2.32. The van der Waals surface area contributed by atoms with Crippen LogP contribution in [0.5, 0.6) is 0 Å². The summed E-state index contributed by atoms with van der Waals surface area (Å²) in [6.07, 6.45) is 0. The summed E-state index contributed by atoms with van der Waals surface area (Å²) in [6, 6.07) is 6.66. The van der Waals surface area contributed by atoms with Gasteiger partial charge in [0.05, 0.1) is 0 Å². The van der Waals surface area contributed by atoms with Crippen LogP contribution in [0.25, 0.3) is 0 Å².